The fourth-order valence-electron chi connectivity index (χ4n) is 1.89. The molecular weight excluding hydrogens is 220 g/mol. The van der Waals surface area contributed by atoms with Crippen LogP contribution in [0.15, 0.2) is 0 Å². The minimum atomic E-state index is 0.00465. The first-order chi connectivity index (χ1) is 7.65. The Morgan fingerprint density at radius 3 is 2.38 bits per heavy atom. The van der Waals surface area contributed by atoms with Crippen LogP contribution in [-0.2, 0) is 0 Å². The molecule has 2 amide bonds. The monoisotopic (exact) mass is 244 g/mol. The molecule has 1 saturated carbocycles. The third kappa shape index (κ3) is 3.58. The Morgan fingerprint density at radius 1 is 1.38 bits per heavy atom. The summed E-state index contributed by atoms with van der Waals surface area (Å²) in [5.41, 5.74) is 0. The predicted octanol–water partition coefficient (Wildman–Crippen LogP) is 2.76. The van der Waals surface area contributed by atoms with Crippen molar-refractivity contribution in [1.82, 2.24) is 10.6 Å². The lowest BCUT2D eigenvalue weighted by Gasteiger charge is -2.31. The second-order valence-corrected chi connectivity index (χ2v) is 5.82. The van der Waals surface area contributed by atoms with Gasteiger partial charge in [0.25, 0.3) is 0 Å². The van der Waals surface area contributed by atoms with Crippen molar-refractivity contribution in [3.63, 3.8) is 0 Å². The topological polar surface area (TPSA) is 41.1 Å². The molecule has 1 fully saturated rings. The Kier molecular flexibility index (Phi) is 5.46. The van der Waals surface area contributed by atoms with E-state index in [0.717, 1.165) is 32.2 Å². The predicted molar refractivity (Wildman–Crippen MR) is 71.0 cm³/mol. The molecule has 0 saturated heterocycles. The fourth-order valence-corrected chi connectivity index (χ4v) is 2.69. The molecule has 0 heterocycles. The molecule has 0 aliphatic heterocycles. The molecule has 0 aromatic carbocycles. The van der Waals surface area contributed by atoms with Crippen LogP contribution in [0.3, 0.4) is 0 Å². The van der Waals surface area contributed by atoms with E-state index < -0.39 is 0 Å². The molecule has 0 aromatic heterocycles. The zero-order chi connectivity index (χ0) is 12.0. The molecule has 0 spiro atoms. The van der Waals surface area contributed by atoms with Gasteiger partial charge in [-0.25, -0.2) is 4.79 Å². The lowest BCUT2D eigenvalue weighted by molar-refractivity contribution is 0.227. The summed E-state index contributed by atoms with van der Waals surface area (Å²) in [4.78, 5) is 11.6. The van der Waals surface area contributed by atoms with E-state index in [2.05, 4.69) is 30.7 Å². The molecular formula is C12H24N2OS. The highest BCUT2D eigenvalue weighted by atomic mass is 32.2. The molecule has 1 aliphatic carbocycles. The minimum Gasteiger partial charge on any atom is -0.337 e. The van der Waals surface area contributed by atoms with Crippen molar-refractivity contribution in [3.8, 4) is 0 Å². The van der Waals surface area contributed by atoms with E-state index in [1.165, 1.54) is 6.42 Å². The largest absolute Gasteiger partial charge is 0.337 e. The number of hydrogen-bond donors (Lipinski definition) is 2. The smallest absolute Gasteiger partial charge is 0.315 e. The van der Waals surface area contributed by atoms with Crippen molar-refractivity contribution in [1.29, 1.82) is 0 Å². The Balaban J connectivity index is 2.27. The third-order valence-electron chi connectivity index (χ3n) is 3.73. The zero-order valence-corrected chi connectivity index (χ0v) is 11.5. The van der Waals surface area contributed by atoms with Gasteiger partial charge >= 0.3 is 6.03 Å². The lowest BCUT2D eigenvalue weighted by atomic mass is 9.93. The first-order valence-electron chi connectivity index (χ1n) is 6.25. The lowest BCUT2D eigenvalue weighted by Crippen LogP contribution is -2.49. The first-order valence-corrected chi connectivity index (χ1v) is 7.47. The third-order valence-corrected chi connectivity index (χ3v) is 5.32. The van der Waals surface area contributed by atoms with Crippen molar-refractivity contribution in [2.24, 2.45) is 0 Å². The van der Waals surface area contributed by atoms with Crippen molar-refractivity contribution in [2.45, 2.75) is 56.7 Å². The molecule has 0 aromatic rings. The molecule has 1 rings (SSSR count). The Bertz CT molecular complexity index is 217. The zero-order valence-electron chi connectivity index (χ0n) is 10.6. The molecule has 94 valence electrons. The Morgan fingerprint density at radius 2 is 2.00 bits per heavy atom. The van der Waals surface area contributed by atoms with E-state index in [9.17, 15) is 4.79 Å². The number of nitrogens with one attached hydrogen (secondary N) is 2. The van der Waals surface area contributed by atoms with Gasteiger partial charge in [0.2, 0.25) is 0 Å². The average Bonchev–Trinajstić information content (AvgIpc) is 2.26. The van der Waals surface area contributed by atoms with Crippen LogP contribution in [-0.4, -0.2) is 29.6 Å². The highest BCUT2D eigenvalue weighted by molar-refractivity contribution is 8.00. The molecule has 16 heavy (non-hydrogen) atoms. The van der Waals surface area contributed by atoms with Crippen molar-refractivity contribution in [3.05, 3.63) is 0 Å². The van der Waals surface area contributed by atoms with Gasteiger partial charge in [-0.15, -0.1) is 0 Å². The maximum Gasteiger partial charge on any atom is 0.315 e. The molecule has 0 unspecified atom stereocenters. The van der Waals surface area contributed by atoms with Crippen LogP contribution in [0.5, 0.6) is 0 Å². The summed E-state index contributed by atoms with van der Waals surface area (Å²) in [6.45, 7) is 5.14. The maximum absolute atomic E-state index is 11.6. The van der Waals surface area contributed by atoms with Gasteiger partial charge in [0.1, 0.15) is 0 Å². The van der Waals surface area contributed by atoms with Crippen LogP contribution in [0.1, 0.15) is 46.0 Å². The van der Waals surface area contributed by atoms with Crippen LogP contribution < -0.4 is 10.6 Å². The second kappa shape index (κ2) is 6.38. The number of carbonyl (C=O) groups excluding carboxylic acids is 1. The second-order valence-electron chi connectivity index (χ2n) is 4.55. The summed E-state index contributed by atoms with van der Waals surface area (Å²) < 4.78 is 0.205. The number of hydrogen-bond acceptors (Lipinski definition) is 2. The number of thioether (sulfide) groups is 1. The SMILES string of the molecule is CCC(CC)(CNC(=O)NC1CCC1)SC. The summed E-state index contributed by atoms with van der Waals surface area (Å²) in [6, 6.07) is 0.428. The molecule has 0 bridgehead atoms. The standard InChI is InChI=1S/C12H24N2OS/c1-4-12(5-2,16-3)9-13-11(15)14-10-7-6-8-10/h10H,4-9H2,1-3H3,(H2,13,14,15). The van der Waals surface area contributed by atoms with Gasteiger partial charge < -0.3 is 10.6 Å². The van der Waals surface area contributed by atoms with Gasteiger partial charge in [0.05, 0.1) is 0 Å². The van der Waals surface area contributed by atoms with E-state index in [4.69, 9.17) is 0 Å². The number of carbonyl (C=O) groups is 1. The Labute approximate surface area is 103 Å². The van der Waals surface area contributed by atoms with Crippen LogP contribution in [0.2, 0.25) is 0 Å². The maximum atomic E-state index is 11.6. The van der Waals surface area contributed by atoms with Gasteiger partial charge in [0.15, 0.2) is 0 Å². The first kappa shape index (κ1) is 13.7. The quantitative estimate of drug-likeness (QED) is 0.754. The van der Waals surface area contributed by atoms with Crippen molar-refractivity contribution in [2.75, 3.05) is 12.8 Å². The summed E-state index contributed by atoms with van der Waals surface area (Å²) >= 11 is 1.86. The van der Waals surface area contributed by atoms with Gasteiger partial charge in [-0.1, -0.05) is 13.8 Å². The van der Waals surface area contributed by atoms with E-state index in [-0.39, 0.29) is 10.8 Å². The van der Waals surface area contributed by atoms with Gasteiger partial charge in [-0.05, 0) is 38.4 Å². The van der Waals surface area contributed by atoms with Crippen molar-refractivity contribution < 1.29 is 4.79 Å². The van der Waals surface area contributed by atoms with Crippen LogP contribution in [0.25, 0.3) is 0 Å². The van der Waals surface area contributed by atoms with Crippen LogP contribution in [0.4, 0.5) is 4.79 Å². The minimum absolute atomic E-state index is 0.00465. The molecule has 1 aliphatic rings. The van der Waals surface area contributed by atoms with Gasteiger partial charge in [0, 0.05) is 17.3 Å². The van der Waals surface area contributed by atoms with Crippen molar-refractivity contribution >= 4 is 17.8 Å². The highest BCUT2D eigenvalue weighted by Crippen LogP contribution is 2.29. The van der Waals surface area contributed by atoms with E-state index >= 15 is 0 Å². The summed E-state index contributed by atoms with van der Waals surface area (Å²) in [6.07, 6.45) is 7.84. The molecule has 4 heteroatoms. The average molecular weight is 244 g/mol. The highest BCUT2D eigenvalue weighted by Gasteiger charge is 2.26. The number of urea groups is 1. The number of rotatable bonds is 6. The van der Waals surface area contributed by atoms with E-state index in [1.54, 1.807) is 0 Å². The summed E-state index contributed by atoms with van der Waals surface area (Å²) in [7, 11) is 0. The fraction of sp³-hybridized carbons (Fsp3) is 0.917. The number of amides is 2. The van der Waals surface area contributed by atoms with E-state index in [0.29, 0.717) is 6.04 Å². The summed E-state index contributed by atoms with van der Waals surface area (Å²) in [5, 5.41) is 6.01. The van der Waals surface area contributed by atoms with Gasteiger partial charge in [-0.3, -0.25) is 0 Å². The van der Waals surface area contributed by atoms with Gasteiger partial charge in [-0.2, -0.15) is 11.8 Å². The molecule has 0 radical (unpaired) electrons. The van der Waals surface area contributed by atoms with E-state index in [1.807, 2.05) is 11.8 Å². The normalized spacial score (nSPS) is 16.7. The molecule has 3 nitrogen and oxygen atoms in total. The van der Waals surface area contributed by atoms with Crippen LogP contribution >= 0.6 is 11.8 Å². The summed E-state index contributed by atoms with van der Waals surface area (Å²) in [5.74, 6) is 0. The van der Waals surface area contributed by atoms with Crippen LogP contribution in [0, 0.1) is 0 Å². The Hall–Kier alpha value is -0.380. The molecule has 0 atom stereocenters. The molecule has 2 N–H and O–H groups in total.